The summed E-state index contributed by atoms with van der Waals surface area (Å²) in [4.78, 5) is 92.9. The van der Waals surface area contributed by atoms with E-state index in [4.69, 9.17) is 11.5 Å². The number of aromatic nitrogens is 1. The highest BCUT2D eigenvalue weighted by Crippen LogP contribution is 2.21. The smallest absolute Gasteiger partial charge is 0.260 e. The molecule has 2 aliphatic heterocycles. The molecule has 0 spiro atoms. The van der Waals surface area contributed by atoms with E-state index in [9.17, 15) is 33.6 Å². The average molecular weight is 644 g/mol. The van der Waals surface area contributed by atoms with Crippen LogP contribution < -0.4 is 32.0 Å². The molecule has 5 atom stereocenters. The lowest BCUT2D eigenvalue weighted by Crippen LogP contribution is -2.58. The number of pyridine rings is 1. The maximum Gasteiger partial charge on any atom is 0.260 e. The zero-order chi connectivity index (χ0) is 34.1. The summed E-state index contributed by atoms with van der Waals surface area (Å²) in [6.45, 7) is 5.90. The molecule has 3 rings (SSSR count). The highest BCUT2D eigenvalue weighted by molar-refractivity contribution is 5.99. The number of hydrogen-bond acceptors (Lipinski definition) is 7. The maximum absolute atomic E-state index is 13.5. The molecule has 0 radical (unpaired) electrons. The third-order valence-corrected chi connectivity index (χ3v) is 8.25. The van der Waals surface area contributed by atoms with Gasteiger partial charge in [-0.15, -0.1) is 0 Å². The standard InChI is InChI=1S/C31H46N8O7/c1-18(2)16-22(31(46)38-14-6-9-23(38)26(33)41)36-28(43)21(11-12-25(32)40)35-27(42)19(3)34-29(44)24-10-7-15-39(24)30(45)20-8-5-13-37(4)17-20/h5,8,13,17-19,21-24H,6-7,9-12,14-16H2,1-4H3,(H6-,32,33,34,35,36,40,41,42,43,44)/p+1/t19-,21-,22-,23-,24-/m0/s1. The van der Waals surface area contributed by atoms with Gasteiger partial charge in [0.05, 0.1) is 0 Å². The Labute approximate surface area is 268 Å². The zero-order valence-corrected chi connectivity index (χ0v) is 27.0. The molecule has 3 heterocycles. The summed E-state index contributed by atoms with van der Waals surface area (Å²) in [7, 11) is 1.79. The van der Waals surface area contributed by atoms with Gasteiger partial charge in [-0.1, -0.05) is 13.8 Å². The number of nitrogens with zero attached hydrogens (tertiary/aromatic N) is 3. The zero-order valence-electron chi connectivity index (χ0n) is 27.0. The van der Waals surface area contributed by atoms with E-state index in [1.165, 1.54) is 16.7 Å². The Bertz CT molecular complexity index is 1340. The molecule has 46 heavy (non-hydrogen) atoms. The van der Waals surface area contributed by atoms with Gasteiger partial charge in [-0.05, 0) is 57.4 Å². The number of hydrogen-bond donors (Lipinski definition) is 5. The van der Waals surface area contributed by atoms with Crippen molar-refractivity contribution in [2.75, 3.05) is 13.1 Å². The average Bonchev–Trinajstić information content (AvgIpc) is 3.68. The second-order valence-corrected chi connectivity index (χ2v) is 12.5. The van der Waals surface area contributed by atoms with E-state index < -0.39 is 65.7 Å². The number of carbonyl (C=O) groups is 7. The summed E-state index contributed by atoms with van der Waals surface area (Å²) >= 11 is 0. The fraction of sp³-hybridized carbons (Fsp3) is 0.613. The number of nitrogens with two attached hydrogens (primary N) is 2. The van der Waals surface area contributed by atoms with Gasteiger partial charge in [-0.25, -0.2) is 4.57 Å². The number of rotatable bonds is 14. The van der Waals surface area contributed by atoms with Crippen molar-refractivity contribution in [3.05, 3.63) is 30.1 Å². The molecular weight excluding hydrogens is 596 g/mol. The summed E-state index contributed by atoms with van der Waals surface area (Å²) in [5.41, 5.74) is 11.2. The first-order chi connectivity index (χ1) is 21.7. The minimum Gasteiger partial charge on any atom is -0.370 e. The van der Waals surface area contributed by atoms with Gasteiger partial charge in [-0.3, -0.25) is 33.6 Å². The molecule has 15 nitrogen and oxygen atoms in total. The van der Waals surface area contributed by atoms with Crippen LogP contribution in [0.2, 0.25) is 0 Å². The molecule has 0 saturated carbocycles. The van der Waals surface area contributed by atoms with Crippen molar-refractivity contribution in [1.29, 1.82) is 0 Å². The number of likely N-dealkylation sites (tertiary alicyclic amines) is 2. The Kier molecular flexibility index (Phi) is 12.6. The van der Waals surface area contributed by atoms with E-state index in [1.807, 2.05) is 13.8 Å². The molecule has 0 bridgehead atoms. The molecule has 1 aromatic rings. The second-order valence-electron chi connectivity index (χ2n) is 12.5. The Balaban J connectivity index is 1.68. The molecule has 0 unspecified atom stereocenters. The van der Waals surface area contributed by atoms with Crippen LogP contribution in [0.4, 0.5) is 0 Å². The van der Waals surface area contributed by atoms with Crippen LogP contribution in [0.15, 0.2) is 24.5 Å². The van der Waals surface area contributed by atoms with E-state index in [2.05, 4.69) is 16.0 Å². The predicted octanol–water partition coefficient (Wildman–Crippen LogP) is -1.62. The summed E-state index contributed by atoms with van der Waals surface area (Å²) in [5.74, 6) is -4.01. The maximum atomic E-state index is 13.5. The van der Waals surface area contributed by atoms with Gasteiger partial charge in [0.25, 0.3) is 5.91 Å². The van der Waals surface area contributed by atoms with Crippen molar-refractivity contribution in [3.63, 3.8) is 0 Å². The van der Waals surface area contributed by atoms with E-state index >= 15 is 0 Å². The Morgan fingerprint density at radius 3 is 2.13 bits per heavy atom. The van der Waals surface area contributed by atoms with Crippen LogP contribution in [0.3, 0.4) is 0 Å². The molecule has 2 aliphatic rings. The monoisotopic (exact) mass is 643 g/mol. The number of nitrogens with one attached hydrogen (secondary N) is 3. The molecule has 0 aliphatic carbocycles. The summed E-state index contributed by atoms with van der Waals surface area (Å²) < 4.78 is 1.74. The largest absolute Gasteiger partial charge is 0.370 e. The normalized spacial score (nSPS) is 19.7. The van der Waals surface area contributed by atoms with Gasteiger partial charge in [-0.2, -0.15) is 0 Å². The van der Waals surface area contributed by atoms with E-state index in [0.29, 0.717) is 44.3 Å². The minimum atomic E-state index is -1.25. The number of carbonyl (C=O) groups excluding carboxylic acids is 7. The van der Waals surface area contributed by atoms with Crippen LogP contribution in [0.1, 0.15) is 76.1 Å². The minimum absolute atomic E-state index is 0.00974. The SMILES string of the molecule is CC(C)C[C@H](NC(=O)[C@H](CCC(N)=O)NC(=O)[C@H](C)NC(=O)[C@@H]1CCCN1C(=O)c1ccc[n+](C)c1)C(=O)N1CCC[C@H]1C(N)=O. The quantitative estimate of drug-likeness (QED) is 0.149. The number of amides is 7. The molecule has 7 amide bonds. The highest BCUT2D eigenvalue weighted by Gasteiger charge is 2.39. The van der Waals surface area contributed by atoms with Crippen molar-refractivity contribution >= 4 is 41.4 Å². The topological polar surface area (TPSA) is 218 Å². The van der Waals surface area contributed by atoms with Gasteiger partial charge in [0.1, 0.15) is 42.8 Å². The Morgan fingerprint density at radius 2 is 1.52 bits per heavy atom. The van der Waals surface area contributed by atoms with Crippen molar-refractivity contribution in [1.82, 2.24) is 25.8 Å². The van der Waals surface area contributed by atoms with E-state index in [0.717, 1.165) is 0 Å². The fourth-order valence-corrected chi connectivity index (χ4v) is 5.88. The third-order valence-electron chi connectivity index (χ3n) is 8.25. The first-order valence-electron chi connectivity index (χ1n) is 15.7. The van der Waals surface area contributed by atoms with Crippen molar-refractivity contribution < 1.29 is 38.1 Å². The number of aryl methyl sites for hydroxylation is 1. The van der Waals surface area contributed by atoms with E-state index in [1.54, 1.807) is 36.1 Å². The lowest BCUT2D eigenvalue weighted by Gasteiger charge is -2.30. The molecule has 252 valence electrons. The Morgan fingerprint density at radius 1 is 0.891 bits per heavy atom. The molecule has 7 N–H and O–H groups in total. The Hall–Kier alpha value is -4.56. The first kappa shape index (κ1) is 35.9. The molecule has 2 fully saturated rings. The van der Waals surface area contributed by atoms with Gasteiger partial charge in [0, 0.05) is 25.6 Å². The van der Waals surface area contributed by atoms with Gasteiger partial charge in [0.2, 0.25) is 35.4 Å². The second kappa shape index (κ2) is 16.1. The van der Waals surface area contributed by atoms with Gasteiger partial charge in [0.15, 0.2) is 12.4 Å². The van der Waals surface area contributed by atoms with Crippen LogP contribution in [-0.2, 0) is 35.8 Å². The molecular formula is C31H47N8O7+. The van der Waals surface area contributed by atoms with Crippen molar-refractivity contribution in [2.24, 2.45) is 24.4 Å². The lowest BCUT2D eigenvalue weighted by molar-refractivity contribution is -0.671. The lowest BCUT2D eigenvalue weighted by atomic mass is 10.0. The van der Waals surface area contributed by atoms with Crippen LogP contribution >= 0.6 is 0 Å². The van der Waals surface area contributed by atoms with Gasteiger partial charge >= 0.3 is 0 Å². The van der Waals surface area contributed by atoms with Crippen LogP contribution in [0, 0.1) is 5.92 Å². The van der Waals surface area contributed by atoms with Crippen LogP contribution in [-0.4, -0.2) is 94.4 Å². The summed E-state index contributed by atoms with van der Waals surface area (Å²) in [6, 6.07) is -1.50. The van der Waals surface area contributed by atoms with Crippen LogP contribution in [0.25, 0.3) is 0 Å². The molecule has 15 heteroatoms. The fourth-order valence-electron chi connectivity index (χ4n) is 5.88. The summed E-state index contributed by atoms with van der Waals surface area (Å²) in [6.07, 6.45) is 5.41. The highest BCUT2D eigenvalue weighted by atomic mass is 16.2. The summed E-state index contributed by atoms with van der Waals surface area (Å²) in [5, 5.41) is 7.90. The van der Waals surface area contributed by atoms with E-state index in [-0.39, 0.29) is 31.1 Å². The molecule has 2 saturated heterocycles. The van der Waals surface area contributed by atoms with Crippen molar-refractivity contribution in [3.8, 4) is 0 Å². The third kappa shape index (κ3) is 9.47. The number of primary amides is 2. The molecule has 1 aromatic heterocycles. The first-order valence-corrected chi connectivity index (χ1v) is 15.7. The van der Waals surface area contributed by atoms with Crippen molar-refractivity contribution in [2.45, 2.75) is 95.9 Å². The molecule has 0 aromatic carbocycles. The predicted molar refractivity (Wildman–Crippen MR) is 165 cm³/mol. The van der Waals surface area contributed by atoms with Crippen LogP contribution in [0.5, 0.6) is 0 Å². The van der Waals surface area contributed by atoms with Gasteiger partial charge < -0.3 is 37.2 Å².